The molecule has 1 rings (SSSR count). The van der Waals surface area contributed by atoms with Crippen LogP contribution in [0.15, 0.2) is 23.4 Å². The maximum absolute atomic E-state index is 8.48. The summed E-state index contributed by atoms with van der Waals surface area (Å²) in [6.45, 7) is 0. The number of allylic oxidation sites excluding steroid dienone is 4. The summed E-state index contributed by atoms with van der Waals surface area (Å²) in [7, 11) is 1.90. The summed E-state index contributed by atoms with van der Waals surface area (Å²) in [4.78, 5) is 0. The van der Waals surface area contributed by atoms with Gasteiger partial charge in [-0.2, -0.15) is 5.26 Å². The zero-order valence-corrected chi connectivity index (χ0v) is 6.02. The Hall–Kier alpha value is -1.23. The third-order valence-corrected chi connectivity index (χ3v) is 1.61. The molecule has 0 radical (unpaired) electrons. The van der Waals surface area contributed by atoms with Crippen LogP contribution in [0.2, 0.25) is 0 Å². The van der Waals surface area contributed by atoms with Gasteiger partial charge < -0.3 is 5.32 Å². The number of nitriles is 1. The van der Waals surface area contributed by atoms with E-state index >= 15 is 0 Å². The highest BCUT2D eigenvalue weighted by molar-refractivity contribution is 5.31. The lowest BCUT2D eigenvalue weighted by atomic mass is 10.0. The van der Waals surface area contributed by atoms with Crippen LogP contribution in [0.3, 0.4) is 0 Å². The van der Waals surface area contributed by atoms with Crippen LogP contribution in [0, 0.1) is 11.3 Å². The van der Waals surface area contributed by atoms with E-state index in [1.54, 1.807) is 0 Å². The lowest BCUT2D eigenvalue weighted by Gasteiger charge is -2.08. The first-order chi connectivity index (χ1) is 4.86. The fourth-order valence-corrected chi connectivity index (χ4v) is 0.939. The van der Waals surface area contributed by atoms with E-state index < -0.39 is 0 Å². The third kappa shape index (κ3) is 1.38. The van der Waals surface area contributed by atoms with E-state index in [4.69, 9.17) is 5.26 Å². The first-order valence-corrected chi connectivity index (χ1v) is 3.34. The molecule has 0 heterocycles. The molecule has 0 aromatic carbocycles. The van der Waals surface area contributed by atoms with Crippen LogP contribution >= 0.6 is 0 Å². The van der Waals surface area contributed by atoms with Crippen molar-refractivity contribution in [3.8, 4) is 6.07 Å². The van der Waals surface area contributed by atoms with E-state index in [-0.39, 0.29) is 0 Å². The van der Waals surface area contributed by atoms with Gasteiger partial charge in [-0.3, -0.25) is 0 Å². The van der Waals surface area contributed by atoms with E-state index in [1.165, 1.54) is 5.70 Å². The van der Waals surface area contributed by atoms with Gasteiger partial charge in [-0.15, -0.1) is 0 Å². The van der Waals surface area contributed by atoms with Crippen molar-refractivity contribution in [1.82, 2.24) is 5.32 Å². The summed E-state index contributed by atoms with van der Waals surface area (Å²) in [5.41, 5.74) is 2.08. The molecule has 2 nitrogen and oxygen atoms in total. The molecule has 0 amide bonds. The van der Waals surface area contributed by atoms with Crippen LogP contribution < -0.4 is 5.32 Å². The second-order valence-corrected chi connectivity index (χ2v) is 2.25. The van der Waals surface area contributed by atoms with Crippen LogP contribution in [-0.4, -0.2) is 7.05 Å². The minimum absolute atomic E-state index is 0.874. The molecule has 0 fully saturated rings. The first-order valence-electron chi connectivity index (χ1n) is 3.34. The van der Waals surface area contributed by atoms with Gasteiger partial charge in [-0.05, 0) is 25.0 Å². The Bertz CT molecular complexity index is 218. The first kappa shape index (κ1) is 6.88. The SMILES string of the molecule is CNC1=CC=C(C#N)CC1. The Morgan fingerprint density at radius 1 is 1.50 bits per heavy atom. The molecule has 0 unspecified atom stereocenters. The minimum Gasteiger partial charge on any atom is -0.391 e. The van der Waals surface area contributed by atoms with Gasteiger partial charge in [0.05, 0.1) is 6.07 Å². The summed E-state index contributed by atoms with van der Waals surface area (Å²) in [5, 5.41) is 11.5. The lowest BCUT2D eigenvalue weighted by molar-refractivity contribution is 0.827. The summed E-state index contributed by atoms with van der Waals surface area (Å²) in [5.74, 6) is 0. The molecule has 1 N–H and O–H groups in total. The van der Waals surface area contributed by atoms with E-state index in [0.717, 1.165) is 18.4 Å². The summed E-state index contributed by atoms with van der Waals surface area (Å²) in [6.07, 6.45) is 5.68. The van der Waals surface area contributed by atoms with E-state index in [9.17, 15) is 0 Å². The van der Waals surface area contributed by atoms with Crippen molar-refractivity contribution in [2.24, 2.45) is 0 Å². The van der Waals surface area contributed by atoms with Crippen molar-refractivity contribution in [1.29, 1.82) is 5.26 Å². The summed E-state index contributed by atoms with van der Waals surface area (Å²) < 4.78 is 0. The Balaban J connectivity index is 2.67. The van der Waals surface area contributed by atoms with Crippen molar-refractivity contribution in [2.75, 3.05) is 7.05 Å². The Morgan fingerprint density at radius 2 is 2.30 bits per heavy atom. The molecule has 10 heavy (non-hydrogen) atoms. The number of hydrogen-bond acceptors (Lipinski definition) is 2. The molecule has 0 saturated carbocycles. The molecule has 52 valence electrons. The molecule has 0 spiro atoms. The maximum Gasteiger partial charge on any atom is 0.0947 e. The fraction of sp³-hybridized carbons (Fsp3) is 0.375. The number of hydrogen-bond donors (Lipinski definition) is 1. The van der Waals surface area contributed by atoms with E-state index in [0.29, 0.717) is 0 Å². The molecular formula is C8H10N2. The van der Waals surface area contributed by atoms with Gasteiger partial charge in [0.15, 0.2) is 0 Å². The lowest BCUT2D eigenvalue weighted by Crippen LogP contribution is -2.07. The minimum atomic E-state index is 0.874. The van der Waals surface area contributed by atoms with Crippen LogP contribution in [0.1, 0.15) is 12.8 Å². The fourth-order valence-electron chi connectivity index (χ4n) is 0.939. The van der Waals surface area contributed by atoms with Crippen LogP contribution in [0.4, 0.5) is 0 Å². The Kier molecular flexibility index (Phi) is 2.11. The normalized spacial score (nSPS) is 16.8. The van der Waals surface area contributed by atoms with Gasteiger partial charge in [-0.1, -0.05) is 0 Å². The molecule has 0 aromatic rings. The second-order valence-electron chi connectivity index (χ2n) is 2.25. The van der Waals surface area contributed by atoms with Crippen molar-refractivity contribution in [3.63, 3.8) is 0 Å². The molecule has 0 aromatic heterocycles. The molecule has 1 aliphatic carbocycles. The molecule has 0 saturated heterocycles. The van der Waals surface area contributed by atoms with Crippen molar-refractivity contribution >= 4 is 0 Å². The molecule has 2 heteroatoms. The number of nitrogens with one attached hydrogen (secondary N) is 1. The van der Waals surface area contributed by atoms with E-state index in [2.05, 4.69) is 11.4 Å². The van der Waals surface area contributed by atoms with Crippen LogP contribution in [0.25, 0.3) is 0 Å². The summed E-state index contributed by atoms with van der Waals surface area (Å²) in [6, 6.07) is 2.14. The topological polar surface area (TPSA) is 35.8 Å². The van der Waals surface area contributed by atoms with Crippen molar-refractivity contribution < 1.29 is 0 Å². The van der Waals surface area contributed by atoms with Crippen molar-refractivity contribution in [2.45, 2.75) is 12.8 Å². The zero-order chi connectivity index (χ0) is 7.40. The molecular weight excluding hydrogens is 124 g/mol. The highest BCUT2D eigenvalue weighted by atomic mass is 14.8. The quantitative estimate of drug-likeness (QED) is 0.587. The van der Waals surface area contributed by atoms with Crippen molar-refractivity contribution in [3.05, 3.63) is 23.4 Å². The second kappa shape index (κ2) is 3.07. The van der Waals surface area contributed by atoms with Gasteiger partial charge in [0, 0.05) is 18.3 Å². The predicted molar refractivity (Wildman–Crippen MR) is 40.1 cm³/mol. The maximum atomic E-state index is 8.48. The van der Waals surface area contributed by atoms with Gasteiger partial charge in [-0.25, -0.2) is 0 Å². The Labute approximate surface area is 60.9 Å². The standard InChI is InChI=1S/C8H10N2/c1-10-8-4-2-7(6-9)3-5-8/h2,4,10H,3,5H2,1H3. The van der Waals surface area contributed by atoms with Gasteiger partial charge in [0.2, 0.25) is 0 Å². The van der Waals surface area contributed by atoms with Gasteiger partial charge in [0.25, 0.3) is 0 Å². The molecule has 0 aliphatic heterocycles. The molecule has 0 bridgehead atoms. The van der Waals surface area contributed by atoms with E-state index in [1.807, 2.05) is 19.2 Å². The van der Waals surface area contributed by atoms with Gasteiger partial charge in [0.1, 0.15) is 0 Å². The third-order valence-electron chi connectivity index (χ3n) is 1.61. The number of rotatable bonds is 1. The van der Waals surface area contributed by atoms with Crippen LogP contribution in [-0.2, 0) is 0 Å². The predicted octanol–water partition coefficient (Wildman–Crippen LogP) is 1.33. The zero-order valence-electron chi connectivity index (χ0n) is 6.02. The smallest absolute Gasteiger partial charge is 0.0947 e. The monoisotopic (exact) mass is 134 g/mol. The van der Waals surface area contributed by atoms with Crippen LogP contribution in [0.5, 0.6) is 0 Å². The Morgan fingerprint density at radius 3 is 2.70 bits per heavy atom. The molecule has 1 aliphatic rings. The largest absolute Gasteiger partial charge is 0.391 e. The van der Waals surface area contributed by atoms with Gasteiger partial charge >= 0.3 is 0 Å². The number of nitrogens with zero attached hydrogens (tertiary/aromatic N) is 1. The average molecular weight is 134 g/mol. The molecule has 0 atom stereocenters. The summed E-state index contributed by atoms with van der Waals surface area (Å²) >= 11 is 0. The highest BCUT2D eigenvalue weighted by Gasteiger charge is 2.02. The highest BCUT2D eigenvalue weighted by Crippen LogP contribution is 2.14. The average Bonchev–Trinajstić information content (AvgIpc) is 2.05.